The second-order valence-corrected chi connectivity index (χ2v) is 3.05. The molecule has 3 heteroatoms. The first-order chi connectivity index (χ1) is 6.75. The highest BCUT2D eigenvalue weighted by Crippen LogP contribution is 2.02. The van der Waals surface area contributed by atoms with Gasteiger partial charge in [-0.05, 0) is 12.1 Å². The van der Waals surface area contributed by atoms with Crippen LogP contribution in [-0.2, 0) is 4.79 Å². The first kappa shape index (κ1) is 10.4. The predicted octanol–water partition coefficient (Wildman–Crippen LogP) is 1.35. The monoisotopic (exact) mass is 191 g/mol. The van der Waals surface area contributed by atoms with Crippen LogP contribution in [0, 0.1) is 0 Å². The van der Waals surface area contributed by atoms with E-state index in [2.05, 4.69) is 0 Å². The van der Waals surface area contributed by atoms with Crippen LogP contribution in [0.1, 0.15) is 16.8 Å². The largest absolute Gasteiger partial charge is 0.341 e. The van der Waals surface area contributed by atoms with Crippen LogP contribution in [0.15, 0.2) is 30.3 Å². The molecular weight excluding hydrogens is 178 g/mol. The van der Waals surface area contributed by atoms with Crippen molar-refractivity contribution in [3.8, 4) is 0 Å². The van der Waals surface area contributed by atoms with Crippen LogP contribution < -0.4 is 0 Å². The van der Waals surface area contributed by atoms with Gasteiger partial charge in [0.25, 0.3) is 5.91 Å². The van der Waals surface area contributed by atoms with Crippen molar-refractivity contribution in [1.82, 2.24) is 4.90 Å². The zero-order valence-corrected chi connectivity index (χ0v) is 8.14. The minimum atomic E-state index is -0.0487. The summed E-state index contributed by atoms with van der Waals surface area (Å²) < 4.78 is 0. The number of hydrogen-bond donors (Lipinski definition) is 0. The van der Waals surface area contributed by atoms with Crippen LogP contribution in [-0.4, -0.2) is 30.7 Å². The number of carbonyl (C=O) groups is 2. The molecule has 0 spiro atoms. The molecule has 0 aliphatic heterocycles. The summed E-state index contributed by atoms with van der Waals surface area (Å²) in [6, 6.07) is 9.03. The number of hydrogen-bond acceptors (Lipinski definition) is 2. The van der Waals surface area contributed by atoms with E-state index in [-0.39, 0.29) is 5.91 Å². The molecule has 0 aliphatic carbocycles. The third-order valence-electron chi connectivity index (χ3n) is 1.95. The summed E-state index contributed by atoms with van der Waals surface area (Å²) in [4.78, 5) is 23.3. The van der Waals surface area contributed by atoms with E-state index in [4.69, 9.17) is 0 Å². The van der Waals surface area contributed by atoms with Gasteiger partial charge in [0.15, 0.2) is 0 Å². The van der Waals surface area contributed by atoms with E-state index < -0.39 is 0 Å². The SMILES string of the molecule is CN(CCC=O)C(=O)c1ccccc1. The van der Waals surface area contributed by atoms with Crippen LogP contribution in [0.25, 0.3) is 0 Å². The summed E-state index contributed by atoms with van der Waals surface area (Å²) >= 11 is 0. The lowest BCUT2D eigenvalue weighted by molar-refractivity contribution is -0.108. The Morgan fingerprint density at radius 1 is 1.36 bits per heavy atom. The normalized spacial score (nSPS) is 9.50. The van der Waals surface area contributed by atoms with Crippen molar-refractivity contribution in [2.75, 3.05) is 13.6 Å². The second-order valence-electron chi connectivity index (χ2n) is 3.05. The molecule has 1 rings (SSSR count). The fourth-order valence-electron chi connectivity index (χ4n) is 1.15. The highest BCUT2D eigenvalue weighted by molar-refractivity contribution is 5.94. The molecule has 14 heavy (non-hydrogen) atoms. The quantitative estimate of drug-likeness (QED) is 0.673. The van der Waals surface area contributed by atoms with Crippen molar-refractivity contribution >= 4 is 12.2 Å². The molecule has 0 radical (unpaired) electrons. The Bertz CT molecular complexity index is 308. The highest BCUT2D eigenvalue weighted by Gasteiger charge is 2.09. The van der Waals surface area contributed by atoms with E-state index in [1.807, 2.05) is 18.2 Å². The van der Waals surface area contributed by atoms with Crippen LogP contribution in [0.3, 0.4) is 0 Å². The summed E-state index contributed by atoms with van der Waals surface area (Å²) in [6.07, 6.45) is 1.20. The molecule has 0 saturated carbocycles. The summed E-state index contributed by atoms with van der Waals surface area (Å²) in [7, 11) is 1.69. The molecule has 0 fully saturated rings. The first-order valence-electron chi connectivity index (χ1n) is 4.50. The van der Waals surface area contributed by atoms with Gasteiger partial charge in [0.1, 0.15) is 6.29 Å². The fraction of sp³-hybridized carbons (Fsp3) is 0.273. The summed E-state index contributed by atoms with van der Waals surface area (Å²) in [5.74, 6) is -0.0487. The Hall–Kier alpha value is -1.64. The third kappa shape index (κ3) is 2.69. The smallest absolute Gasteiger partial charge is 0.253 e. The van der Waals surface area contributed by atoms with Crippen LogP contribution in [0.2, 0.25) is 0 Å². The number of rotatable bonds is 4. The van der Waals surface area contributed by atoms with Crippen molar-refractivity contribution < 1.29 is 9.59 Å². The molecule has 0 aliphatic rings. The second kappa shape index (κ2) is 5.17. The van der Waals surface area contributed by atoms with E-state index in [9.17, 15) is 9.59 Å². The van der Waals surface area contributed by atoms with E-state index >= 15 is 0 Å². The van der Waals surface area contributed by atoms with Gasteiger partial charge in [-0.15, -0.1) is 0 Å². The lowest BCUT2D eigenvalue weighted by Crippen LogP contribution is -2.27. The molecule has 0 N–H and O–H groups in total. The fourth-order valence-corrected chi connectivity index (χ4v) is 1.15. The summed E-state index contributed by atoms with van der Waals surface area (Å²) in [6.45, 7) is 0.469. The van der Waals surface area contributed by atoms with Crippen molar-refractivity contribution in [2.45, 2.75) is 6.42 Å². The van der Waals surface area contributed by atoms with Crippen LogP contribution >= 0.6 is 0 Å². The zero-order valence-electron chi connectivity index (χ0n) is 8.14. The van der Waals surface area contributed by atoms with Gasteiger partial charge >= 0.3 is 0 Å². The van der Waals surface area contributed by atoms with Crippen LogP contribution in [0.5, 0.6) is 0 Å². The van der Waals surface area contributed by atoms with Crippen LogP contribution in [0.4, 0.5) is 0 Å². The van der Waals surface area contributed by atoms with E-state index in [0.29, 0.717) is 18.5 Å². The average molecular weight is 191 g/mol. The Balaban J connectivity index is 2.61. The molecular formula is C11H13NO2. The summed E-state index contributed by atoms with van der Waals surface area (Å²) in [5, 5.41) is 0. The van der Waals surface area contributed by atoms with Gasteiger partial charge in [-0.25, -0.2) is 0 Å². The average Bonchev–Trinajstić information content (AvgIpc) is 2.26. The summed E-state index contributed by atoms with van der Waals surface area (Å²) in [5.41, 5.74) is 0.654. The van der Waals surface area contributed by atoms with E-state index in [1.165, 1.54) is 0 Å². The lowest BCUT2D eigenvalue weighted by Gasteiger charge is -2.15. The maximum absolute atomic E-state index is 11.7. The molecule has 1 amide bonds. The Labute approximate surface area is 83.3 Å². The molecule has 0 atom stereocenters. The van der Waals surface area contributed by atoms with Crippen molar-refractivity contribution in [2.24, 2.45) is 0 Å². The van der Waals surface area contributed by atoms with Crippen molar-refractivity contribution in [3.63, 3.8) is 0 Å². The molecule has 0 aromatic heterocycles. The van der Waals surface area contributed by atoms with Gasteiger partial charge < -0.3 is 9.69 Å². The number of nitrogens with zero attached hydrogens (tertiary/aromatic N) is 1. The molecule has 0 unspecified atom stereocenters. The van der Waals surface area contributed by atoms with Crippen molar-refractivity contribution in [3.05, 3.63) is 35.9 Å². The molecule has 1 aromatic rings. The highest BCUT2D eigenvalue weighted by atomic mass is 16.2. The number of aldehydes is 1. The first-order valence-corrected chi connectivity index (χ1v) is 4.50. The molecule has 1 aromatic carbocycles. The minimum absolute atomic E-state index is 0.0487. The molecule has 0 heterocycles. The lowest BCUT2D eigenvalue weighted by atomic mass is 10.2. The molecule has 74 valence electrons. The Morgan fingerprint density at radius 3 is 2.57 bits per heavy atom. The maximum Gasteiger partial charge on any atom is 0.253 e. The standard InChI is InChI=1S/C11H13NO2/c1-12(8-5-9-13)11(14)10-6-3-2-4-7-10/h2-4,6-7,9H,5,8H2,1H3. The van der Waals surface area contributed by atoms with Gasteiger partial charge in [0.2, 0.25) is 0 Å². The third-order valence-corrected chi connectivity index (χ3v) is 1.95. The minimum Gasteiger partial charge on any atom is -0.341 e. The van der Waals surface area contributed by atoms with E-state index in [1.54, 1.807) is 24.1 Å². The Morgan fingerprint density at radius 2 is 2.00 bits per heavy atom. The van der Waals surface area contributed by atoms with Gasteiger partial charge in [-0.1, -0.05) is 18.2 Å². The topological polar surface area (TPSA) is 37.4 Å². The molecule has 3 nitrogen and oxygen atoms in total. The molecule has 0 saturated heterocycles. The van der Waals surface area contributed by atoms with Crippen molar-refractivity contribution in [1.29, 1.82) is 0 Å². The molecule has 0 bridgehead atoms. The van der Waals surface area contributed by atoms with Gasteiger partial charge in [0.05, 0.1) is 0 Å². The Kier molecular flexibility index (Phi) is 3.85. The number of amides is 1. The maximum atomic E-state index is 11.7. The van der Waals surface area contributed by atoms with E-state index in [0.717, 1.165) is 6.29 Å². The zero-order chi connectivity index (χ0) is 10.4. The van der Waals surface area contributed by atoms with Gasteiger partial charge in [-0.3, -0.25) is 4.79 Å². The number of benzene rings is 1. The van der Waals surface area contributed by atoms with Gasteiger partial charge in [-0.2, -0.15) is 0 Å². The van der Waals surface area contributed by atoms with Gasteiger partial charge in [0, 0.05) is 25.6 Å². The predicted molar refractivity (Wildman–Crippen MR) is 54.1 cm³/mol. The number of carbonyl (C=O) groups excluding carboxylic acids is 2.